The van der Waals surface area contributed by atoms with Gasteiger partial charge in [0, 0.05) is 0 Å². The number of hydrogen-bond acceptors (Lipinski definition) is 1. The Morgan fingerprint density at radius 2 is 1.79 bits per heavy atom. The summed E-state index contributed by atoms with van der Waals surface area (Å²) in [6.45, 7) is 4.53. The van der Waals surface area contributed by atoms with Crippen molar-refractivity contribution in [1.29, 1.82) is 0 Å². The van der Waals surface area contributed by atoms with Crippen molar-refractivity contribution in [2.24, 2.45) is 5.92 Å². The molecule has 1 aromatic rings. The summed E-state index contributed by atoms with van der Waals surface area (Å²) < 4.78 is 6.05. The van der Waals surface area contributed by atoms with Gasteiger partial charge >= 0.3 is 0 Å². The van der Waals surface area contributed by atoms with Crippen LogP contribution < -0.4 is 0 Å². The second-order valence-corrected chi connectivity index (χ2v) is 4.85. The molecule has 3 rings (SSSR count). The highest BCUT2D eigenvalue weighted by atomic mass is 16.6. The topological polar surface area (TPSA) is 12.5 Å². The summed E-state index contributed by atoms with van der Waals surface area (Å²) in [5.41, 5.74) is 1.66. The lowest BCUT2D eigenvalue weighted by Crippen LogP contribution is -2.20. The van der Waals surface area contributed by atoms with Crippen molar-refractivity contribution in [3.63, 3.8) is 0 Å². The average Bonchev–Trinajstić information content (AvgIpc) is 3.08. The lowest BCUT2D eigenvalue weighted by atomic mass is 9.84. The predicted molar refractivity (Wildman–Crippen MR) is 56.0 cm³/mol. The first-order valence-electron chi connectivity index (χ1n) is 5.47. The Balaban J connectivity index is 2.03. The van der Waals surface area contributed by atoms with Crippen LogP contribution in [0.15, 0.2) is 30.3 Å². The van der Waals surface area contributed by atoms with E-state index in [-0.39, 0.29) is 11.2 Å². The Kier molecular flexibility index (Phi) is 1.46. The van der Waals surface area contributed by atoms with E-state index in [0.717, 1.165) is 0 Å². The quantitative estimate of drug-likeness (QED) is 0.650. The van der Waals surface area contributed by atoms with Crippen molar-refractivity contribution in [2.75, 3.05) is 0 Å². The molecule has 1 aromatic carbocycles. The summed E-state index contributed by atoms with van der Waals surface area (Å²) in [7, 11) is 0. The van der Waals surface area contributed by atoms with Gasteiger partial charge in [0.1, 0.15) is 11.2 Å². The van der Waals surface area contributed by atoms with Crippen LogP contribution in [0.3, 0.4) is 0 Å². The summed E-state index contributed by atoms with van der Waals surface area (Å²) in [5.74, 6) is 0.576. The number of benzene rings is 1. The summed E-state index contributed by atoms with van der Waals surface area (Å²) in [6.07, 6.45) is 2.50. The third-order valence-electron chi connectivity index (χ3n) is 3.71. The van der Waals surface area contributed by atoms with E-state index in [1.165, 1.54) is 18.4 Å². The minimum atomic E-state index is 0.0499. The van der Waals surface area contributed by atoms with E-state index in [1.807, 2.05) is 0 Å². The number of hydrogen-bond donors (Lipinski definition) is 0. The fourth-order valence-electron chi connectivity index (χ4n) is 2.85. The third-order valence-corrected chi connectivity index (χ3v) is 3.71. The zero-order valence-electron chi connectivity index (χ0n) is 8.79. The van der Waals surface area contributed by atoms with E-state index in [2.05, 4.69) is 44.2 Å². The van der Waals surface area contributed by atoms with Gasteiger partial charge in [-0.1, -0.05) is 44.2 Å². The monoisotopic (exact) mass is 188 g/mol. The van der Waals surface area contributed by atoms with Gasteiger partial charge in [0.25, 0.3) is 0 Å². The average molecular weight is 188 g/mol. The lowest BCUT2D eigenvalue weighted by Gasteiger charge is -2.17. The van der Waals surface area contributed by atoms with E-state index < -0.39 is 0 Å². The molecule has 1 aliphatic heterocycles. The Hall–Kier alpha value is -0.820. The van der Waals surface area contributed by atoms with Crippen molar-refractivity contribution >= 4 is 0 Å². The maximum Gasteiger partial charge on any atom is 0.125 e. The largest absolute Gasteiger partial charge is 0.357 e. The minimum Gasteiger partial charge on any atom is -0.357 e. The molecule has 0 N–H and O–H groups in total. The van der Waals surface area contributed by atoms with Gasteiger partial charge < -0.3 is 4.74 Å². The van der Waals surface area contributed by atoms with Crippen LogP contribution in [0.1, 0.15) is 32.3 Å². The normalized spacial score (nSPS) is 32.2. The first kappa shape index (κ1) is 8.49. The van der Waals surface area contributed by atoms with E-state index in [0.29, 0.717) is 5.92 Å². The zero-order chi connectivity index (χ0) is 9.81. The van der Waals surface area contributed by atoms with Gasteiger partial charge in [-0.2, -0.15) is 0 Å². The molecule has 2 fully saturated rings. The Labute approximate surface area is 85.1 Å². The second-order valence-electron chi connectivity index (χ2n) is 4.85. The molecular weight excluding hydrogens is 172 g/mol. The first-order valence-corrected chi connectivity index (χ1v) is 5.47. The summed E-state index contributed by atoms with van der Waals surface area (Å²) in [4.78, 5) is 0. The molecule has 0 bridgehead atoms. The first-order chi connectivity index (χ1) is 6.71. The Bertz CT molecular complexity index is 351. The summed E-state index contributed by atoms with van der Waals surface area (Å²) >= 11 is 0. The van der Waals surface area contributed by atoms with Gasteiger partial charge in [0.15, 0.2) is 0 Å². The van der Waals surface area contributed by atoms with Gasteiger partial charge in [-0.3, -0.25) is 0 Å². The van der Waals surface area contributed by atoms with Crippen LogP contribution in [0.2, 0.25) is 0 Å². The van der Waals surface area contributed by atoms with Gasteiger partial charge in [-0.15, -0.1) is 0 Å². The van der Waals surface area contributed by atoms with E-state index in [1.54, 1.807) is 0 Å². The maximum atomic E-state index is 6.05. The van der Waals surface area contributed by atoms with Crippen LogP contribution in [0.4, 0.5) is 0 Å². The van der Waals surface area contributed by atoms with Gasteiger partial charge in [-0.05, 0) is 24.3 Å². The molecule has 1 atom stereocenters. The molecule has 1 aliphatic carbocycles. The summed E-state index contributed by atoms with van der Waals surface area (Å²) in [6, 6.07) is 10.7. The molecule has 0 amide bonds. The minimum absolute atomic E-state index is 0.0499. The smallest absolute Gasteiger partial charge is 0.125 e. The highest BCUT2D eigenvalue weighted by Gasteiger charge is 2.78. The Morgan fingerprint density at radius 3 is 2.21 bits per heavy atom. The van der Waals surface area contributed by atoms with E-state index in [9.17, 15) is 0 Å². The van der Waals surface area contributed by atoms with E-state index >= 15 is 0 Å². The van der Waals surface area contributed by atoms with Crippen molar-refractivity contribution in [2.45, 2.75) is 37.9 Å². The van der Waals surface area contributed by atoms with Crippen LogP contribution in [0, 0.1) is 5.92 Å². The standard InChI is InChI=1S/C13H16O/c1-10(2)13(12(14-13)8-9-12)11-6-4-3-5-7-11/h3-7,10H,8-9H2,1-2H3. The number of rotatable bonds is 2. The van der Waals surface area contributed by atoms with Crippen molar-refractivity contribution in [1.82, 2.24) is 0 Å². The molecule has 1 spiro atoms. The van der Waals surface area contributed by atoms with Crippen LogP contribution in [0.25, 0.3) is 0 Å². The maximum absolute atomic E-state index is 6.05. The van der Waals surface area contributed by atoms with Gasteiger partial charge in [-0.25, -0.2) is 0 Å². The van der Waals surface area contributed by atoms with Crippen LogP contribution in [-0.2, 0) is 10.3 Å². The molecule has 1 heteroatoms. The van der Waals surface area contributed by atoms with Crippen molar-refractivity contribution in [3.05, 3.63) is 35.9 Å². The highest BCUT2D eigenvalue weighted by molar-refractivity contribution is 5.39. The number of epoxide rings is 1. The molecule has 0 aromatic heterocycles. The molecule has 74 valence electrons. The molecule has 1 unspecified atom stereocenters. The molecule has 14 heavy (non-hydrogen) atoms. The van der Waals surface area contributed by atoms with Crippen LogP contribution in [-0.4, -0.2) is 5.60 Å². The summed E-state index contributed by atoms with van der Waals surface area (Å²) in [5, 5.41) is 0. The van der Waals surface area contributed by atoms with Crippen LogP contribution in [0.5, 0.6) is 0 Å². The molecular formula is C13H16O. The Morgan fingerprint density at radius 1 is 1.14 bits per heavy atom. The van der Waals surface area contributed by atoms with E-state index in [4.69, 9.17) is 4.74 Å². The van der Waals surface area contributed by atoms with Gasteiger partial charge in [0.2, 0.25) is 0 Å². The number of ether oxygens (including phenoxy) is 1. The molecule has 1 saturated carbocycles. The second kappa shape index (κ2) is 2.40. The zero-order valence-corrected chi connectivity index (χ0v) is 8.79. The fraction of sp³-hybridized carbons (Fsp3) is 0.538. The lowest BCUT2D eigenvalue weighted by molar-refractivity contribution is 0.237. The molecule has 1 heterocycles. The predicted octanol–water partition coefficient (Wildman–Crippen LogP) is 3.10. The van der Waals surface area contributed by atoms with Crippen molar-refractivity contribution in [3.8, 4) is 0 Å². The van der Waals surface area contributed by atoms with Crippen molar-refractivity contribution < 1.29 is 4.74 Å². The molecule has 1 nitrogen and oxygen atoms in total. The molecule has 2 aliphatic rings. The third kappa shape index (κ3) is 0.838. The molecule has 0 radical (unpaired) electrons. The van der Waals surface area contributed by atoms with Gasteiger partial charge in [0.05, 0.1) is 0 Å². The fourth-order valence-corrected chi connectivity index (χ4v) is 2.85. The SMILES string of the molecule is CC(C)C1(c2ccccc2)OC12CC2. The highest BCUT2D eigenvalue weighted by Crippen LogP contribution is 2.72. The molecule has 1 saturated heterocycles. The van der Waals surface area contributed by atoms with Crippen LogP contribution >= 0.6 is 0 Å².